The van der Waals surface area contributed by atoms with E-state index in [-0.39, 0.29) is 36.5 Å². The number of hydrogen-bond donors (Lipinski definition) is 0. The zero-order valence-corrected chi connectivity index (χ0v) is 17.3. The van der Waals surface area contributed by atoms with Crippen LogP contribution in [-0.2, 0) is 16.1 Å². The highest BCUT2D eigenvalue weighted by Gasteiger charge is 2.44. The topological polar surface area (TPSA) is 55.8 Å². The number of ketones is 1. The van der Waals surface area contributed by atoms with E-state index in [4.69, 9.17) is 9.47 Å². The van der Waals surface area contributed by atoms with Crippen molar-refractivity contribution in [2.75, 3.05) is 13.2 Å². The van der Waals surface area contributed by atoms with Crippen molar-refractivity contribution in [3.8, 4) is 0 Å². The van der Waals surface area contributed by atoms with Crippen molar-refractivity contribution in [1.82, 2.24) is 4.90 Å². The van der Waals surface area contributed by atoms with Crippen molar-refractivity contribution >= 4 is 17.4 Å². The van der Waals surface area contributed by atoms with Gasteiger partial charge in [0, 0.05) is 11.5 Å². The Kier molecular flexibility index (Phi) is 6.00. The van der Waals surface area contributed by atoms with Gasteiger partial charge in [0.25, 0.3) is 0 Å². The molecule has 2 atom stereocenters. The van der Waals surface area contributed by atoms with Gasteiger partial charge in [0.05, 0.1) is 25.3 Å². The van der Waals surface area contributed by atoms with Crippen LogP contribution < -0.4 is 0 Å². The maximum Gasteiger partial charge on any atom is 0.410 e. The molecule has 2 heterocycles. The molecule has 0 saturated carbocycles. The highest BCUT2D eigenvalue weighted by atomic mass is 16.6. The highest BCUT2D eigenvalue weighted by Crippen LogP contribution is 2.34. The minimum atomic E-state index is -0.325. The molecular formula is C25H27NO4. The molecule has 2 saturated heterocycles. The van der Waals surface area contributed by atoms with Crippen LogP contribution in [0, 0.1) is 5.92 Å². The standard InChI is InChI=1S/C25H27NO4/c1-17(2)19-8-10-20(11-9-19)24(27)21-12-22-15-29-16-23(13-21)26(22)25(28)30-14-18-6-4-3-5-7-18/h3-11,21-23H,1,12-16H2,2H3. The first-order chi connectivity index (χ1) is 14.5. The Labute approximate surface area is 177 Å². The molecule has 2 bridgehead atoms. The Morgan fingerprint density at radius 2 is 1.60 bits per heavy atom. The number of morpholine rings is 1. The summed E-state index contributed by atoms with van der Waals surface area (Å²) in [5.74, 6) is 0.0234. The molecule has 0 N–H and O–H groups in total. The second kappa shape index (κ2) is 8.84. The number of allylic oxidation sites excluding steroid dienone is 1. The number of benzene rings is 2. The maximum atomic E-state index is 13.1. The van der Waals surface area contributed by atoms with Crippen molar-refractivity contribution in [3.05, 3.63) is 77.9 Å². The van der Waals surface area contributed by atoms with Gasteiger partial charge in [-0.1, -0.05) is 66.7 Å². The van der Waals surface area contributed by atoms with Crippen LogP contribution in [0.15, 0.2) is 61.2 Å². The van der Waals surface area contributed by atoms with Crippen molar-refractivity contribution in [2.45, 2.75) is 38.5 Å². The first-order valence-corrected chi connectivity index (χ1v) is 10.4. The molecule has 1 amide bonds. The lowest BCUT2D eigenvalue weighted by Gasteiger charge is -2.47. The average Bonchev–Trinajstić information content (AvgIpc) is 2.77. The fraction of sp³-hybridized carbons (Fsp3) is 0.360. The number of Topliss-reactive ketones (excluding diaryl/α,β-unsaturated/α-hetero) is 1. The molecule has 4 rings (SSSR count). The largest absolute Gasteiger partial charge is 0.445 e. The molecule has 2 unspecified atom stereocenters. The second-order valence-corrected chi connectivity index (χ2v) is 8.18. The minimum Gasteiger partial charge on any atom is -0.445 e. The van der Waals surface area contributed by atoms with Crippen molar-refractivity contribution in [1.29, 1.82) is 0 Å². The number of hydrogen-bond acceptors (Lipinski definition) is 4. The molecule has 2 aliphatic heterocycles. The zero-order valence-electron chi connectivity index (χ0n) is 17.3. The lowest BCUT2D eigenvalue weighted by Crippen LogP contribution is -2.59. The van der Waals surface area contributed by atoms with E-state index < -0.39 is 0 Å². The predicted molar refractivity (Wildman–Crippen MR) is 115 cm³/mol. The van der Waals surface area contributed by atoms with Crippen LogP contribution in [0.25, 0.3) is 5.57 Å². The number of fused-ring (bicyclic) bond motifs is 2. The number of carbonyl (C=O) groups is 2. The summed E-state index contributed by atoms with van der Waals surface area (Å²) in [7, 11) is 0. The summed E-state index contributed by atoms with van der Waals surface area (Å²) < 4.78 is 11.2. The van der Waals surface area contributed by atoms with Gasteiger partial charge < -0.3 is 9.47 Å². The number of amides is 1. The average molecular weight is 405 g/mol. The van der Waals surface area contributed by atoms with E-state index in [1.165, 1.54) is 0 Å². The van der Waals surface area contributed by atoms with Gasteiger partial charge in [-0.05, 0) is 30.9 Å². The molecule has 0 spiro atoms. The third-order valence-corrected chi connectivity index (χ3v) is 5.97. The molecular weight excluding hydrogens is 378 g/mol. The molecule has 5 nitrogen and oxygen atoms in total. The van der Waals surface area contributed by atoms with E-state index >= 15 is 0 Å². The van der Waals surface area contributed by atoms with Crippen LogP contribution in [0.3, 0.4) is 0 Å². The summed E-state index contributed by atoms with van der Waals surface area (Å²) in [5.41, 5.74) is 3.68. The third kappa shape index (κ3) is 4.31. The summed E-state index contributed by atoms with van der Waals surface area (Å²) in [6.45, 7) is 7.01. The Morgan fingerprint density at radius 3 is 2.20 bits per heavy atom. The minimum absolute atomic E-state index is 0.113. The van der Waals surface area contributed by atoms with Crippen LogP contribution in [0.4, 0.5) is 4.79 Å². The van der Waals surface area contributed by atoms with Crippen molar-refractivity contribution in [2.24, 2.45) is 5.92 Å². The second-order valence-electron chi connectivity index (χ2n) is 8.18. The van der Waals surface area contributed by atoms with Gasteiger partial charge in [-0.15, -0.1) is 0 Å². The smallest absolute Gasteiger partial charge is 0.410 e. The highest BCUT2D eigenvalue weighted by molar-refractivity contribution is 5.98. The SMILES string of the molecule is C=C(C)c1ccc(C(=O)C2CC3COCC(C2)N3C(=O)OCc2ccccc2)cc1. The van der Waals surface area contributed by atoms with Crippen LogP contribution >= 0.6 is 0 Å². The number of nitrogens with zero attached hydrogens (tertiary/aromatic N) is 1. The normalized spacial score (nSPS) is 23.0. The molecule has 2 aromatic carbocycles. The van der Waals surface area contributed by atoms with Gasteiger partial charge in [-0.3, -0.25) is 9.69 Å². The Balaban J connectivity index is 1.42. The van der Waals surface area contributed by atoms with E-state index in [1.54, 1.807) is 4.90 Å². The van der Waals surface area contributed by atoms with Crippen molar-refractivity contribution in [3.63, 3.8) is 0 Å². The quantitative estimate of drug-likeness (QED) is 0.676. The fourth-order valence-corrected chi connectivity index (χ4v) is 4.38. The molecule has 2 aromatic rings. The van der Waals surface area contributed by atoms with E-state index in [1.807, 2.05) is 61.5 Å². The molecule has 2 fully saturated rings. The summed E-state index contributed by atoms with van der Waals surface area (Å²) in [5, 5.41) is 0. The molecule has 0 radical (unpaired) electrons. The lowest BCUT2D eigenvalue weighted by atomic mass is 9.80. The molecule has 2 aliphatic rings. The molecule has 5 heteroatoms. The molecule has 0 aliphatic carbocycles. The maximum absolute atomic E-state index is 13.1. The number of rotatable bonds is 5. The summed E-state index contributed by atoms with van der Waals surface area (Å²) in [6, 6.07) is 17.0. The molecule has 30 heavy (non-hydrogen) atoms. The van der Waals surface area contributed by atoms with Crippen LogP contribution in [0.1, 0.15) is 41.3 Å². The first kappa shape index (κ1) is 20.4. The van der Waals surface area contributed by atoms with Gasteiger partial charge in [0.1, 0.15) is 6.61 Å². The predicted octanol–water partition coefficient (Wildman–Crippen LogP) is 4.72. The summed E-state index contributed by atoms with van der Waals surface area (Å²) >= 11 is 0. The van der Waals surface area contributed by atoms with E-state index in [2.05, 4.69) is 6.58 Å². The molecule has 156 valence electrons. The third-order valence-electron chi connectivity index (χ3n) is 5.97. The fourth-order valence-electron chi connectivity index (χ4n) is 4.38. The van der Waals surface area contributed by atoms with Crippen molar-refractivity contribution < 1.29 is 19.1 Å². The first-order valence-electron chi connectivity index (χ1n) is 10.4. The number of piperidine rings is 1. The zero-order chi connectivity index (χ0) is 21.1. The number of ether oxygens (including phenoxy) is 2. The van der Waals surface area contributed by atoms with Crippen LogP contribution in [-0.4, -0.2) is 42.1 Å². The Bertz CT molecular complexity index is 908. The van der Waals surface area contributed by atoms with Gasteiger partial charge in [-0.2, -0.15) is 0 Å². The lowest BCUT2D eigenvalue weighted by molar-refractivity contribution is -0.0755. The molecule has 0 aromatic heterocycles. The summed E-state index contributed by atoms with van der Waals surface area (Å²) in [4.78, 5) is 27.7. The van der Waals surface area contributed by atoms with Gasteiger partial charge >= 0.3 is 6.09 Å². The van der Waals surface area contributed by atoms with Gasteiger partial charge in [0.15, 0.2) is 5.78 Å². The Morgan fingerprint density at radius 1 is 1.00 bits per heavy atom. The van der Waals surface area contributed by atoms with Gasteiger partial charge in [-0.25, -0.2) is 4.79 Å². The number of carbonyl (C=O) groups excluding carboxylic acids is 2. The Hall–Kier alpha value is -2.92. The van der Waals surface area contributed by atoms with Crippen LogP contribution in [0.5, 0.6) is 0 Å². The summed E-state index contributed by atoms with van der Waals surface area (Å²) in [6.07, 6.45) is 0.865. The van der Waals surface area contributed by atoms with Crippen LogP contribution in [0.2, 0.25) is 0 Å². The van der Waals surface area contributed by atoms with E-state index in [0.29, 0.717) is 31.6 Å². The monoisotopic (exact) mass is 405 g/mol. The van der Waals surface area contributed by atoms with E-state index in [0.717, 1.165) is 16.7 Å². The van der Waals surface area contributed by atoms with E-state index in [9.17, 15) is 9.59 Å². The van der Waals surface area contributed by atoms with Gasteiger partial charge in [0.2, 0.25) is 0 Å².